The highest BCUT2D eigenvalue weighted by Gasteiger charge is 2.01. The minimum absolute atomic E-state index is 0.555. The molecule has 0 spiro atoms. The molecule has 0 unspecified atom stereocenters. The largest absolute Gasteiger partial charge is 0.375 e. The summed E-state index contributed by atoms with van der Waals surface area (Å²) < 4.78 is 0. The average Bonchev–Trinajstić information content (AvgIpc) is 2.46. The molecule has 0 atom stereocenters. The van der Waals surface area contributed by atoms with Crippen molar-refractivity contribution in [1.29, 1.82) is 0 Å². The van der Waals surface area contributed by atoms with Gasteiger partial charge >= 0.3 is 0 Å². The van der Waals surface area contributed by atoms with Gasteiger partial charge in [-0.25, -0.2) is 9.97 Å². The molecule has 0 aliphatic rings. The molecule has 5 heteroatoms. The smallest absolute Gasteiger partial charge is 0.148 e. The van der Waals surface area contributed by atoms with Crippen LogP contribution >= 0.6 is 11.6 Å². The summed E-state index contributed by atoms with van der Waals surface area (Å²) in [6.07, 6.45) is 4.09. The monoisotopic (exact) mass is 276 g/mol. The molecule has 2 aromatic rings. The van der Waals surface area contributed by atoms with Crippen LogP contribution in [0.15, 0.2) is 42.9 Å². The van der Waals surface area contributed by atoms with E-state index in [4.69, 9.17) is 11.6 Å². The Labute approximate surface area is 118 Å². The zero-order valence-corrected chi connectivity index (χ0v) is 11.6. The molecule has 19 heavy (non-hydrogen) atoms. The Morgan fingerprint density at radius 2 is 2.05 bits per heavy atom. The summed E-state index contributed by atoms with van der Waals surface area (Å²) in [6, 6.07) is 10.3. The average molecular weight is 277 g/mol. The summed E-state index contributed by atoms with van der Waals surface area (Å²) >= 11 is 5.96. The van der Waals surface area contributed by atoms with E-state index in [0.717, 1.165) is 19.5 Å². The highest BCUT2D eigenvalue weighted by Crippen LogP contribution is 2.16. The van der Waals surface area contributed by atoms with Crippen LogP contribution in [0.4, 0.5) is 11.5 Å². The Bertz CT molecular complexity index is 504. The van der Waals surface area contributed by atoms with Crippen LogP contribution in [0.25, 0.3) is 0 Å². The van der Waals surface area contributed by atoms with E-state index in [0.29, 0.717) is 10.8 Å². The Balaban J connectivity index is 1.74. The molecular formula is C14H17ClN4. The number of nitrogens with zero attached hydrogens (tertiary/aromatic N) is 3. The van der Waals surface area contributed by atoms with Crippen LogP contribution in [0, 0.1) is 0 Å². The second-order valence-corrected chi connectivity index (χ2v) is 4.66. The Morgan fingerprint density at radius 3 is 2.79 bits per heavy atom. The molecule has 0 aliphatic carbocycles. The lowest BCUT2D eigenvalue weighted by atomic mass is 10.3. The van der Waals surface area contributed by atoms with E-state index < -0.39 is 0 Å². The second-order valence-electron chi connectivity index (χ2n) is 4.26. The summed E-state index contributed by atoms with van der Waals surface area (Å²) in [5.41, 5.74) is 1.22. The zero-order chi connectivity index (χ0) is 13.5. The molecular weight excluding hydrogens is 260 g/mol. The second kappa shape index (κ2) is 6.95. The van der Waals surface area contributed by atoms with Crippen molar-refractivity contribution in [2.24, 2.45) is 0 Å². The fourth-order valence-corrected chi connectivity index (χ4v) is 1.95. The molecule has 1 heterocycles. The number of halogens is 1. The lowest BCUT2D eigenvalue weighted by molar-refractivity contribution is 0.814. The van der Waals surface area contributed by atoms with E-state index in [1.807, 2.05) is 18.2 Å². The standard InChI is InChI=1S/C14H17ClN4/c1-19(12-6-3-2-4-7-12)9-5-8-17-14-13(15)10-16-11-18-14/h2-4,6-7,10-11H,5,8-9H2,1H3,(H,16,17,18). The molecule has 1 aromatic heterocycles. The SMILES string of the molecule is CN(CCCNc1ncncc1Cl)c1ccccc1. The van der Waals surface area contributed by atoms with Crippen molar-refractivity contribution in [1.82, 2.24) is 9.97 Å². The molecule has 4 nitrogen and oxygen atoms in total. The van der Waals surface area contributed by atoms with Gasteiger partial charge in [-0.3, -0.25) is 0 Å². The van der Waals surface area contributed by atoms with Crippen LogP contribution in [0.1, 0.15) is 6.42 Å². The fourth-order valence-electron chi connectivity index (χ4n) is 1.78. The molecule has 1 N–H and O–H groups in total. The number of nitrogens with one attached hydrogen (secondary N) is 1. The zero-order valence-electron chi connectivity index (χ0n) is 10.9. The summed E-state index contributed by atoms with van der Waals surface area (Å²) in [5.74, 6) is 0.694. The molecule has 0 saturated carbocycles. The van der Waals surface area contributed by atoms with Gasteiger partial charge in [0.25, 0.3) is 0 Å². The van der Waals surface area contributed by atoms with Gasteiger partial charge in [0.1, 0.15) is 17.2 Å². The van der Waals surface area contributed by atoms with Crippen molar-refractivity contribution in [2.75, 3.05) is 30.4 Å². The van der Waals surface area contributed by atoms with Crippen molar-refractivity contribution in [3.63, 3.8) is 0 Å². The van der Waals surface area contributed by atoms with E-state index in [2.05, 4.69) is 39.4 Å². The summed E-state index contributed by atoms with van der Waals surface area (Å²) in [7, 11) is 2.09. The first-order valence-corrected chi connectivity index (χ1v) is 6.61. The van der Waals surface area contributed by atoms with Crippen LogP contribution < -0.4 is 10.2 Å². The summed E-state index contributed by atoms with van der Waals surface area (Å²) in [4.78, 5) is 10.2. The van der Waals surface area contributed by atoms with Gasteiger partial charge < -0.3 is 10.2 Å². The van der Waals surface area contributed by atoms with E-state index in [1.165, 1.54) is 12.0 Å². The number of rotatable bonds is 6. The third-order valence-electron chi connectivity index (χ3n) is 2.83. The van der Waals surface area contributed by atoms with Gasteiger partial charge in [-0.15, -0.1) is 0 Å². The number of anilines is 2. The minimum atomic E-state index is 0.555. The first-order valence-electron chi connectivity index (χ1n) is 6.23. The number of hydrogen-bond donors (Lipinski definition) is 1. The summed E-state index contributed by atoms with van der Waals surface area (Å²) in [5, 5.41) is 3.76. The lowest BCUT2D eigenvalue weighted by Gasteiger charge is -2.19. The molecule has 0 saturated heterocycles. The highest BCUT2D eigenvalue weighted by atomic mass is 35.5. The molecule has 0 amide bonds. The quantitative estimate of drug-likeness (QED) is 0.824. The van der Waals surface area contributed by atoms with Gasteiger partial charge in [0, 0.05) is 25.8 Å². The number of para-hydroxylation sites is 1. The van der Waals surface area contributed by atoms with Gasteiger partial charge in [-0.05, 0) is 18.6 Å². The van der Waals surface area contributed by atoms with Gasteiger partial charge in [-0.2, -0.15) is 0 Å². The topological polar surface area (TPSA) is 41.0 Å². The van der Waals surface area contributed by atoms with E-state index >= 15 is 0 Å². The van der Waals surface area contributed by atoms with Crippen LogP contribution in [0.3, 0.4) is 0 Å². The van der Waals surface area contributed by atoms with Crippen molar-refractivity contribution >= 4 is 23.1 Å². The Hall–Kier alpha value is -1.81. The molecule has 100 valence electrons. The minimum Gasteiger partial charge on any atom is -0.375 e. The molecule has 0 aliphatic heterocycles. The predicted octanol–water partition coefficient (Wildman–Crippen LogP) is 3.07. The first-order chi connectivity index (χ1) is 9.27. The lowest BCUT2D eigenvalue weighted by Crippen LogP contribution is -2.20. The van der Waals surface area contributed by atoms with Crippen LogP contribution in [0.2, 0.25) is 5.02 Å². The molecule has 2 rings (SSSR count). The first kappa shape index (κ1) is 13.6. The summed E-state index contributed by atoms with van der Waals surface area (Å²) in [6.45, 7) is 1.80. The number of hydrogen-bond acceptors (Lipinski definition) is 4. The van der Waals surface area contributed by atoms with Crippen LogP contribution in [-0.4, -0.2) is 30.1 Å². The van der Waals surface area contributed by atoms with Crippen LogP contribution in [0.5, 0.6) is 0 Å². The Kier molecular flexibility index (Phi) is 4.98. The molecule has 1 aromatic carbocycles. The van der Waals surface area contributed by atoms with Gasteiger partial charge in [0.2, 0.25) is 0 Å². The Morgan fingerprint density at radius 1 is 1.26 bits per heavy atom. The number of benzene rings is 1. The fraction of sp³-hybridized carbons (Fsp3) is 0.286. The highest BCUT2D eigenvalue weighted by molar-refractivity contribution is 6.32. The van der Waals surface area contributed by atoms with E-state index in [1.54, 1.807) is 6.20 Å². The van der Waals surface area contributed by atoms with E-state index in [9.17, 15) is 0 Å². The maximum Gasteiger partial charge on any atom is 0.148 e. The maximum absolute atomic E-state index is 5.96. The third kappa shape index (κ3) is 4.10. The molecule has 0 bridgehead atoms. The molecule has 0 fully saturated rings. The van der Waals surface area contributed by atoms with Crippen LogP contribution in [-0.2, 0) is 0 Å². The van der Waals surface area contributed by atoms with E-state index in [-0.39, 0.29) is 0 Å². The van der Waals surface area contributed by atoms with Crippen molar-refractivity contribution in [2.45, 2.75) is 6.42 Å². The van der Waals surface area contributed by atoms with Gasteiger partial charge in [0.05, 0.1) is 6.20 Å². The third-order valence-corrected chi connectivity index (χ3v) is 3.10. The van der Waals surface area contributed by atoms with Gasteiger partial charge in [0.15, 0.2) is 0 Å². The maximum atomic E-state index is 5.96. The van der Waals surface area contributed by atoms with Crippen molar-refractivity contribution in [3.8, 4) is 0 Å². The van der Waals surface area contributed by atoms with Crippen molar-refractivity contribution in [3.05, 3.63) is 47.9 Å². The normalized spacial score (nSPS) is 10.2. The molecule has 0 radical (unpaired) electrons. The van der Waals surface area contributed by atoms with Crippen molar-refractivity contribution < 1.29 is 0 Å². The predicted molar refractivity (Wildman–Crippen MR) is 79.9 cm³/mol. The number of aromatic nitrogens is 2. The van der Waals surface area contributed by atoms with Gasteiger partial charge in [-0.1, -0.05) is 29.8 Å².